The first-order chi connectivity index (χ1) is 21.9. The highest BCUT2D eigenvalue weighted by atomic mass is 14.0. The summed E-state index contributed by atoms with van der Waals surface area (Å²) >= 11 is 0. The Hall–Kier alpha value is -3.12. The number of allylic oxidation sites excluding steroid dienone is 3. The summed E-state index contributed by atoms with van der Waals surface area (Å²) in [6.07, 6.45) is 28.7. The molecule has 0 atom stereocenters. The van der Waals surface area contributed by atoms with E-state index in [4.69, 9.17) is 0 Å². The Morgan fingerprint density at radius 1 is 0.467 bits per heavy atom. The number of rotatable bonds is 18. The molecule has 0 fully saturated rings. The molecule has 0 N–H and O–H groups in total. The van der Waals surface area contributed by atoms with E-state index in [1.54, 1.807) is 0 Å². The summed E-state index contributed by atoms with van der Waals surface area (Å²) in [5.74, 6) is 0. The molecule has 3 rings (SSSR count). The molecule has 3 aromatic rings. The van der Waals surface area contributed by atoms with Crippen molar-refractivity contribution in [2.75, 3.05) is 0 Å². The topological polar surface area (TPSA) is 0 Å². The number of hydrogen-bond donors (Lipinski definition) is 0. The number of benzene rings is 3. The SMILES string of the molecule is C=C(CCCCCC)c1ccc(C)cc1.CCCCCC/C=C/c1ccc(C)cc1.CCCCCC/C=C\c1ccc(C)cc1. The molecular weight excluding hydrogens is 540 g/mol. The molecule has 246 valence electrons. The van der Waals surface area contributed by atoms with Crippen LogP contribution in [-0.2, 0) is 0 Å². The normalized spacial score (nSPS) is 10.8. The van der Waals surface area contributed by atoms with Crippen LogP contribution in [0, 0.1) is 20.8 Å². The van der Waals surface area contributed by atoms with Crippen LogP contribution >= 0.6 is 0 Å². The second kappa shape index (κ2) is 27.2. The zero-order valence-electron chi connectivity index (χ0n) is 30.1. The largest absolute Gasteiger partial charge is 0.0952 e. The molecule has 0 saturated carbocycles. The van der Waals surface area contributed by atoms with Crippen LogP contribution in [0.15, 0.2) is 91.5 Å². The van der Waals surface area contributed by atoms with Gasteiger partial charge in [-0.2, -0.15) is 0 Å². The summed E-state index contributed by atoms with van der Waals surface area (Å²) in [4.78, 5) is 0. The van der Waals surface area contributed by atoms with Gasteiger partial charge in [-0.05, 0) is 81.6 Å². The number of unbranched alkanes of at least 4 members (excludes halogenated alkanes) is 11. The minimum atomic E-state index is 1.14. The quantitative estimate of drug-likeness (QED) is 0.126. The second-order valence-electron chi connectivity index (χ2n) is 12.6. The van der Waals surface area contributed by atoms with E-state index in [2.05, 4.69) is 145 Å². The van der Waals surface area contributed by atoms with Crippen molar-refractivity contribution < 1.29 is 0 Å². The van der Waals surface area contributed by atoms with Gasteiger partial charge >= 0.3 is 0 Å². The molecule has 0 aromatic heterocycles. The van der Waals surface area contributed by atoms with Crippen LogP contribution < -0.4 is 0 Å². The molecule has 45 heavy (non-hydrogen) atoms. The Kier molecular flexibility index (Phi) is 24.1. The molecule has 0 heteroatoms. The zero-order valence-corrected chi connectivity index (χ0v) is 30.1. The fraction of sp³-hybridized carbons (Fsp3) is 0.467. The van der Waals surface area contributed by atoms with Crippen LogP contribution in [0.3, 0.4) is 0 Å². The van der Waals surface area contributed by atoms with Gasteiger partial charge in [0.25, 0.3) is 0 Å². The molecule has 0 bridgehead atoms. The van der Waals surface area contributed by atoms with Gasteiger partial charge in [0.05, 0.1) is 0 Å². The van der Waals surface area contributed by atoms with Crippen LogP contribution in [0.1, 0.15) is 150 Å². The van der Waals surface area contributed by atoms with Gasteiger partial charge in [0.15, 0.2) is 0 Å². The van der Waals surface area contributed by atoms with E-state index in [1.165, 1.54) is 129 Å². The lowest BCUT2D eigenvalue weighted by Crippen LogP contribution is -1.84. The first-order valence-electron chi connectivity index (χ1n) is 18.1. The molecule has 0 amide bonds. The van der Waals surface area contributed by atoms with Crippen LogP contribution in [0.5, 0.6) is 0 Å². The first-order valence-corrected chi connectivity index (χ1v) is 18.1. The third-order valence-corrected chi connectivity index (χ3v) is 8.02. The van der Waals surface area contributed by atoms with Crippen LogP contribution in [0.2, 0.25) is 0 Å². The average Bonchev–Trinajstić information content (AvgIpc) is 3.05. The fourth-order valence-electron chi connectivity index (χ4n) is 4.87. The molecule has 0 heterocycles. The maximum Gasteiger partial charge on any atom is -0.0230 e. The van der Waals surface area contributed by atoms with Crippen molar-refractivity contribution >= 4 is 17.7 Å². The number of hydrogen-bond acceptors (Lipinski definition) is 0. The maximum atomic E-state index is 4.15. The molecule has 0 saturated heterocycles. The highest BCUT2D eigenvalue weighted by Crippen LogP contribution is 2.20. The molecule has 0 aliphatic heterocycles. The molecule has 0 aliphatic rings. The van der Waals surface area contributed by atoms with Crippen molar-refractivity contribution in [1.82, 2.24) is 0 Å². The Bertz CT molecular complexity index is 1090. The summed E-state index contributed by atoms with van der Waals surface area (Å²) in [5, 5.41) is 0. The molecule has 0 nitrogen and oxygen atoms in total. The summed E-state index contributed by atoms with van der Waals surface area (Å²) in [6, 6.07) is 26.0. The lowest BCUT2D eigenvalue weighted by molar-refractivity contribution is 0.675. The maximum absolute atomic E-state index is 4.15. The summed E-state index contributed by atoms with van der Waals surface area (Å²) in [6.45, 7) is 17.3. The van der Waals surface area contributed by atoms with Gasteiger partial charge in [0.1, 0.15) is 0 Å². The molecule has 0 aliphatic carbocycles. The summed E-state index contributed by atoms with van der Waals surface area (Å²) < 4.78 is 0. The Labute approximate surface area is 279 Å². The molecule has 0 unspecified atom stereocenters. The lowest BCUT2D eigenvalue weighted by atomic mass is 10.00. The van der Waals surface area contributed by atoms with Crippen molar-refractivity contribution in [3.05, 3.63) is 125 Å². The van der Waals surface area contributed by atoms with Gasteiger partial charge < -0.3 is 0 Å². The van der Waals surface area contributed by atoms with Gasteiger partial charge in [-0.15, -0.1) is 0 Å². The minimum absolute atomic E-state index is 1.14. The summed E-state index contributed by atoms with van der Waals surface area (Å²) in [7, 11) is 0. The Morgan fingerprint density at radius 2 is 0.822 bits per heavy atom. The minimum Gasteiger partial charge on any atom is -0.0952 e. The Morgan fingerprint density at radius 3 is 1.20 bits per heavy atom. The van der Waals surface area contributed by atoms with Crippen molar-refractivity contribution in [2.45, 2.75) is 138 Å². The van der Waals surface area contributed by atoms with E-state index in [0.29, 0.717) is 0 Å². The third-order valence-electron chi connectivity index (χ3n) is 8.02. The Balaban J connectivity index is 0.000000337. The first kappa shape index (κ1) is 39.9. The van der Waals surface area contributed by atoms with Gasteiger partial charge in [-0.1, -0.05) is 199 Å². The van der Waals surface area contributed by atoms with Crippen LogP contribution in [0.4, 0.5) is 0 Å². The van der Waals surface area contributed by atoms with Gasteiger partial charge in [-0.3, -0.25) is 0 Å². The molecular formula is C45H66. The van der Waals surface area contributed by atoms with E-state index in [0.717, 1.165) is 6.42 Å². The monoisotopic (exact) mass is 607 g/mol. The van der Waals surface area contributed by atoms with Crippen LogP contribution in [0.25, 0.3) is 17.7 Å². The molecule has 3 aromatic carbocycles. The molecule has 0 spiro atoms. The van der Waals surface area contributed by atoms with Crippen LogP contribution in [-0.4, -0.2) is 0 Å². The molecule has 0 radical (unpaired) electrons. The second-order valence-corrected chi connectivity index (χ2v) is 12.6. The van der Waals surface area contributed by atoms with Crippen molar-refractivity contribution in [3.63, 3.8) is 0 Å². The van der Waals surface area contributed by atoms with Crippen molar-refractivity contribution in [2.24, 2.45) is 0 Å². The van der Waals surface area contributed by atoms with E-state index in [1.807, 2.05) is 0 Å². The van der Waals surface area contributed by atoms with E-state index in [9.17, 15) is 0 Å². The predicted molar refractivity (Wildman–Crippen MR) is 207 cm³/mol. The average molecular weight is 607 g/mol. The van der Waals surface area contributed by atoms with E-state index in [-0.39, 0.29) is 0 Å². The van der Waals surface area contributed by atoms with Gasteiger partial charge in [0, 0.05) is 0 Å². The highest BCUT2D eigenvalue weighted by Gasteiger charge is 1.98. The van der Waals surface area contributed by atoms with E-state index >= 15 is 0 Å². The van der Waals surface area contributed by atoms with Gasteiger partial charge in [-0.25, -0.2) is 0 Å². The standard InChI is InChI=1S/3C15H22/c1-4-5-6-7-8-14(3)15-11-9-13(2)10-12-15;2*1-3-4-5-6-7-8-9-15-12-10-14(2)11-13-15/h9-12H,3-8H2,1-2H3;2*8-13H,3-7H2,1-2H3/b;9-8+;9-8-. The highest BCUT2D eigenvalue weighted by molar-refractivity contribution is 5.63. The van der Waals surface area contributed by atoms with Crippen molar-refractivity contribution in [3.8, 4) is 0 Å². The smallest absolute Gasteiger partial charge is 0.0230 e. The predicted octanol–water partition coefficient (Wildman–Crippen LogP) is 14.9. The summed E-state index contributed by atoms with van der Waals surface area (Å²) in [5.41, 5.74) is 9.19. The van der Waals surface area contributed by atoms with E-state index < -0.39 is 0 Å². The lowest BCUT2D eigenvalue weighted by Gasteiger charge is -2.06. The van der Waals surface area contributed by atoms with Crippen molar-refractivity contribution in [1.29, 1.82) is 0 Å². The third kappa shape index (κ3) is 22.1. The number of aryl methyl sites for hydroxylation is 3. The zero-order chi connectivity index (χ0) is 33.0. The fourth-order valence-corrected chi connectivity index (χ4v) is 4.87. The van der Waals surface area contributed by atoms with Gasteiger partial charge in [0.2, 0.25) is 0 Å².